The van der Waals surface area contributed by atoms with Gasteiger partial charge in [0.1, 0.15) is 5.82 Å². The van der Waals surface area contributed by atoms with E-state index >= 15 is 0 Å². The van der Waals surface area contributed by atoms with Crippen LogP contribution in [0.1, 0.15) is 49.7 Å². The summed E-state index contributed by atoms with van der Waals surface area (Å²) in [7, 11) is -3.76. The predicted molar refractivity (Wildman–Crippen MR) is 140 cm³/mol. The maximum atomic E-state index is 13.6. The fraction of sp³-hybridized carbons (Fsp3) is 0.519. The van der Waals surface area contributed by atoms with Gasteiger partial charge in [0.25, 0.3) is 0 Å². The van der Waals surface area contributed by atoms with Crippen LogP contribution in [0.2, 0.25) is 0 Å². The minimum absolute atomic E-state index is 0. The zero-order chi connectivity index (χ0) is 25.1. The number of amides is 1. The fourth-order valence-corrected chi connectivity index (χ4v) is 8.78. The van der Waals surface area contributed by atoms with Gasteiger partial charge in [0.15, 0.2) is 0 Å². The molecule has 0 saturated carbocycles. The number of sulfonamides is 1. The van der Waals surface area contributed by atoms with E-state index in [1.54, 1.807) is 9.21 Å². The van der Waals surface area contributed by atoms with E-state index < -0.39 is 21.9 Å². The Hall–Kier alpha value is -2.20. The largest absolute Gasteiger partial charge is 0.465 e. The quantitative estimate of drug-likeness (QED) is 0.611. The number of carbonyl (C=O) groups is 1. The van der Waals surface area contributed by atoms with E-state index in [0.717, 1.165) is 57.2 Å². The third-order valence-electron chi connectivity index (χ3n) is 9.07. The highest BCUT2D eigenvalue weighted by molar-refractivity contribution is 7.89. The first-order chi connectivity index (χ1) is 17.3. The molecule has 6 rings (SSSR count). The zero-order valence-electron chi connectivity index (χ0n) is 20.6. The van der Waals surface area contributed by atoms with Crippen LogP contribution >= 0.6 is 12.4 Å². The molecule has 2 aromatic carbocycles. The second-order valence-electron chi connectivity index (χ2n) is 10.9. The van der Waals surface area contributed by atoms with Crippen molar-refractivity contribution in [2.75, 3.05) is 19.6 Å². The molecule has 2 aromatic rings. The van der Waals surface area contributed by atoms with Gasteiger partial charge in [-0.25, -0.2) is 17.6 Å². The number of benzene rings is 2. The molecule has 4 heterocycles. The number of hydrogen-bond donors (Lipinski definition) is 1. The maximum absolute atomic E-state index is 13.6. The number of carboxylic acid groups (broad SMARTS) is 1. The van der Waals surface area contributed by atoms with Gasteiger partial charge in [0, 0.05) is 36.6 Å². The molecule has 3 fully saturated rings. The van der Waals surface area contributed by atoms with Gasteiger partial charge in [-0.2, -0.15) is 4.31 Å². The van der Waals surface area contributed by atoms with Gasteiger partial charge in [0.05, 0.1) is 4.90 Å². The molecule has 1 spiro atoms. The predicted octanol–water partition coefficient (Wildman–Crippen LogP) is 4.46. The standard InChI is InChI=1S/C27H32FN3O4S.ClH/c28-20-5-9-24(10-6-20)36(34,35)30-17-19-3-1-2-4-25(19)27(18-30)11-13-29(14-12-27)23-15-21-7-8-22(16-23)31(21)26(32)33;/h1-6,9-10,21-23H,7-8,11-18H2,(H,32,33);1H. The summed E-state index contributed by atoms with van der Waals surface area (Å²) in [4.78, 5) is 16.0. The van der Waals surface area contributed by atoms with E-state index in [0.29, 0.717) is 19.1 Å². The molecule has 4 aliphatic rings. The van der Waals surface area contributed by atoms with Crippen LogP contribution in [0.5, 0.6) is 0 Å². The number of nitrogens with zero attached hydrogens (tertiary/aromatic N) is 3. The molecule has 2 atom stereocenters. The first kappa shape index (κ1) is 26.4. The van der Waals surface area contributed by atoms with Gasteiger partial charge in [0.2, 0.25) is 10.0 Å². The maximum Gasteiger partial charge on any atom is 0.407 e. The van der Waals surface area contributed by atoms with E-state index in [2.05, 4.69) is 11.0 Å². The highest BCUT2D eigenvalue weighted by atomic mass is 35.5. The summed E-state index contributed by atoms with van der Waals surface area (Å²) in [6, 6.07) is 13.9. The Bertz CT molecular complexity index is 1250. The first-order valence-electron chi connectivity index (χ1n) is 12.9. The zero-order valence-corrected chi connectivity index (χ0v) is 22.3. The van der Waals surface area contributed by atoms with Crippen molar-refractivity contribution in [2.24, 2.45) is 0 Å². The van der Waals surface area contributed by atoms with Crippen molar-refractivity contribution in [3.63, 3.8) is 0 Å². The second kappa shape index (κ2) is 9.84. The molecule has 37 heavy (non-hydrogen) atoms. The van der Waals surface area contributed by atoms with Crippen LogP contribution in [0, 0.1) is 5.82 Å². The minimum atomic E-state index is -3.76. The summed E-state index contributed by atoms with van der Waals surface area (Å²) < 4.78 is 42.1. The topological polar surface area (TPSA) is 81.2 Å². The average Bonchev–Trinajstić information content (AvgIpc) is 3.15. The highest BCUT2D eigenvalue weighted by Gasteiger charge is 2.49. The second-order valence-corrected chi connectivity index (χ2v) is 12.8. The smallest absolute Gasteiger partial charge is 0.407 e. The summed E-state index contributed by atoms with van der Waals surface area (Å²) in [5.74, 6) is -0.454. The Morgan fingerprint density at radius 1 is 0.946 bits per heavy atom. The fourth-order valence-electron chi connectivity index (χ4n) is 7.27. The van der Waals surface area contributed by atoms with Crippen LogP contribution < -0.4 is 0 Å². The summed E-state index contributed by atoms with van der Waals surface area (Å²) in [6.45, 7) is 2.48. The number of fused-ring (bicyclic) bond motifs is 4. The molecule has 200 valence electrons. The van der Waals surface area contributed by atoms with Crippen molar-refractivity contribution in [3.05, 3.63) is 65.5 Å². The monoisotopic (exact) mass is 549 g/mol. The van der Waals surface area contributed by atoms with Crippen LogP contribution in [-0.4, -0.2) is 71.5 Å². The summed E-state index contributed by atoms with van der Waals surface area (Å²) in [5, 5.41) is 9.60. The molecule has 0 aliphatic carbocycles. The van der Waals surface area contributed by atoms with Crippen molar-refractivity contribution in [1.29, 1.82) is 0 Å². The lowest BCUT2D eigenvalue weighted by molar-refractivity contribution is 0.0325. The molecule has 0 radical (unpaired) electrons. The van der Waals surface area contributed by atoms with Crippen LogP contribution in [0.4, 0.5) is 9.18 Å². The van der Waals surface area contributed by atoms with Crippen LogP contribution in [0.25, 0.3) is 0 Å². The molecule has 2 bridgehead atoms. The molecule has 1 N–H and O–H groups in total. The number of likely N-dealkylation sites (tertiary alicyclic amines) is 1. The minimum Gasteiger partial charge on any atom is -0.465 e. The summed E-state index contributed by atoms with van der Waals surface area (Å²) >= 11 is 0. The number of piperidine rings is 2. The van der Waals surface area contributed by atoms with Gasteiger partial charge < -0.3 is 14.9 Å². The van der Waals surface area contributed by atoms with Crippen LogP contribution in [0.15, 0.2) is 53.4 Å². The number of halogens is 2. The molecular weight excluding hydrogens is 517 g/mol. The molecule has 3 saturated heterocycles. The Morgan fingerprint density at radius 3 is 2.19 bits per heavy atom. The van der Waals surface area contributed by atoms with Crippen LogP contribution in [-0.2, 0) is 22.0 Å². The summed E-state index contributed by atoms with van der Waals surface area (Å²) in [5.41, 5.74) is 2.02. The van der Waals surface area contributed by atoms with Gasteiger partial charge in [-0.3, -0.25) is 0 Å². The third kappa shape index (κ3) is 4.54. The van der Waals surface area contributed by atoms with Gasteiger partial charge in [-0.15, -0.1) is 12.4 Å². The Morgan fingerprint density at radius 2 is 1.57 bits per heavy atom. The highest BCUT2D eigenvalue weighted by Crippen LogP contribution is 2.45. The lowest BCUT2D eigenvalue weighted by Gasteiger charge is -2.51. The lowest BCUT2D eigenvalue weighted by atomic mass is 9.69. The van der Waals surface area contributed by atoms with Gasteiger partial charge in [-0.1, -0.05) is 24.3 Å². The Balaban J connectivity index is 0.00000280. The van der Waals surface area contributed by atoms with Crippen molar-refractivity contribution in [1.82, 2.24) is 14.1 Å². The van der Waals surface area contributed by atoms with E-state index in [4.69, 9.17) is 0 Å². The lowest BCUT2D eigenvalue weighted by Crippen LogP contribution is -2.57. The van der Waals surface area contributed by atoms with Gasteiger partial charge in [-0.05, 0) is 87.0 Å². The van der Waals surface area contributed by atoms with E-state index in [-0.39, 0.29) is 34.8 Å². The summed E-state index contributed by atoms with van der Waals surface area (Å²) in [6.07, 6.45) is 4.60. The first-order valence-corrected chi connectivity index (χ1v) is 14.3. The van der Waals surface area contributed by atoms with Crippen molar-refractivity contribution >= 4 is 28.5 Å². The molecular formula is C27H33ClFN3O4S. The Labute approximate surface area is 223 Å². The molecule has 4 aliphatic heterocycles. The number of hydrogen-bond acceptors (Lipinski definition) is 4. The number of rotatable bonds is 3. The van der Waals surface area contributed by atoms with E-state index in [1.807, 2.05) is 18.2 Å². The van der Waals surface area contributed by atoms with E-state index in [9.17, 15) is 22.7 Å². The molecule has 2 unspecified atom stereocenters. The molecule has 1 amide bonds. The Kier molecular flexibility index (Phi) is 7.02. The van der Waals surface area contributed by atoms with Crippen molar-refractivity contribution in [3.8, 4) is 0 Å². The van der Waals surface area contributed by atoms with Crippen molar-refractivity contribution in [2.45, 2.75) is 73.5 Å². The SMILES string of the molecule is Cl.O=C(O)N1C2CCC1CC(N1CCC3(CC1)CN(S(=O)(=O)c1ccc(F)cc1)Cc1ccccc13)C2. The van der Waals surface area contributed by atoms with Crippen LogP contribution in [0.3, 0.4) is 0 Å². The normalized spacial score (nSPS) is 27.5. The van der Waals surface area contributed by atoms with E-state index in [1.165, 1.54) is 29.8 Å². The molecule has 0 aromatic heterocycles. The third-order valence-corrected chi connectivity index (χ3v) is 10.9. The molecule has 7 nitrogen and oxygen atoms in total. The average molecular weight is 550 g/mol. The van der Waals surface area contributed by atoms with Crippen molar-refractivity contribution < 1.29 is 22.7 Å². The molecule has 10 heteroatoms. The van der Waals surface area contributed by atoms with Gasteiger partial charge >= 0.3 is 6.09 Å².